The minimum Gasteiger partial charge on any atom is -0.348 e. The predicted octanol–water partition coefficient (Wildman–Crippen LogP) is 2.05. The number of Topliss-reactive ketones (excluding diaryl/α,β-unsaturated/α-hetero) is 1. The number of thioether (sulfide) groups is 1. The Morgan fingerprint density at radius 2 is 2.23 bits per heavy atom. The standard InChI is InChI=1S/C16H19FN2O2S/c1-9(20)10-7-14(18-8-10)16(21)19-13-5-6-22-15-11(13)3-2-4-12(15)17/h2-4,10,13-14,18H,5-8H2,1H3,(H,19,21). The molecule has 2 heterocycles. The van der Waals surface area contributed by atoms with Gasteiger partial charge in [0, 0.05) is 23.1 Å². The summed E-state index contributed by atoms with van der Waals surface area (Å²) in [6, 6.07) is 4.51. The molecular weight excluding hydrogens is 303 g/mol. The lowest BCUT2D eigenvalue weighted by atomic mass is 10.00. The van der Waals surface area contributed by atoms with Crippen LogP contribution in [0.3, 0.4) is 0 Å². The van der Waals surface area contributed by atoms with Gasteiger partial charge in [0.05, 0.1) is 12.1 Å². The molecule has 0 saturated carbocycles. The van der Waals surface area contributed by atoms with E-state index in [0.29, 0.717) is 17.9 Å². The number of carbonyl (C=O) groups is 2. The molecule has 1 amide bonds. The first-order chi connectivity index (χ1) is 10.6. The van der Waals surface area contributed by atoms with Crippen LogP contribution < -0.4 is 10.6 Å². The molecule has 3 atom stereocenters. The van der Waals surface area contributed by atoms with Crippen molar-refractivity contribution < 1.29 is 14.0 Å². The van der Waals surface area contributed by atoms with E-state index >= 15 is 0 Å². The van der Waals surface area contributed by atoms with Crippen molar-refractivity contribution >= 4 is 23.5 Å². The summed E-state index contributed by atoms with van der Waals surface area (Å²) in [5.41, 5.74) is 0.853. The Morgan fingerprint density at radius 3 is 2.95 bits per heavy atom. The molecule has 1 saturated heterocycles. The molecule has 22 heavy (non-hydrogen) atoms. The number of rotatable bonds is 3. The summed E-state index contributed by atoms with van der Waals surface area (Å²) in [6.07, 6.45) is 1.33. The van der Waals surface area contributed by atoms with Gasteiger partial charge in [-0.15, -0.1) is 11.8 Å². The molecule has 1 aromatic carbocycles. The van der Waals surface area contributed by atoms with E-state index < -0.39 is 0 Å². The molecular formula is C16H19FN2O2S. The van der Waals surface area contributed by atoms with Crippen LogP contribution >= 0.6 is 11.8 Å². The van der Waals surface area contributed by atoms with Gasteiger partial charge in [0.2, 0.25) is 5.91 Å². The van der Waals surface area contributed by atoms with Gasteiger partial charge in [-0.25, -0.2) is 4.39 Å². The van der Waals surface area contributed by atoms with Crippen molar-refractivity contribution in [2.45, 2.75) is 36.7 Å². The average Bonchev–Trinajstić information content (AvgIpc) is 2.98. The molecule has 0 spiro atoms. The Labute approximate surface area is 133 Å². The minimum atomic E-state index is -0.333. The summed E-state index contributed by atoms with van der Waals surface area (Å²) in [7, 11) is 0. The van der Waals surface area contributed by atoms with E-state index in [1.165, 1.54) is 17.8 Å². The van der Waals surface area contributed by atoms with Crippen LogP contribution in [0, 0.1) is 11.7 Å². The maximum Gasteiger partial charge on any atom is 0.237 e. The van der Waals surface area contributed by atoms with Crippen molar-refractivity contribution in [1.82, 2.24) is 10.6 Å². The summed E-state index contributed by atoms with van der Waals surface area (Å²) in [5, 5.41) is 6.11. The Balaban J connectivity index is 1.69. The maximum atomic E-state index is 13.8. The SMILES string of the molecule is CC(=O)C1CNC(C(=O)NC2CCSc3c(F)cccc32)C1. The fraction of sp³-hybridized carbons (Fsp3) is 0.500. The van der Waals surface area contributed by atoms with Gasteiger partial charge >= 0.3 is 0 Å². The molecule has 1 fully saturated rings. The Morgan fingerprint density at radius 1 is 1.41 bits per heavy atom. The largest absolute Gasteiger partial charge is 0.348 e. The Hall–Kier alpha value is -1.40. The Kier molecular flexibility index (Phi) is 4.49. The lowest BCUT2D eigenvalue weighted by molar-refractivity contribution is -0.123. The number of nitrogens with one attached hydrogen (secondary N) is 2. The molecule has 0 aromatic heterocycles. The average molecular weight is 322 g/mol. The zero-order valence-electron chi connectivity index (χ0n) is 12.4. The number of fused-ring (bicyclic) bond motifs is 1. The van der Waals surface area contributed by atoms with E-state index in [-0.39, 0.29) is 35.5 Å². The van der Waals surface area contributed by atoms with Gasteiger partial charge in [0.1, 0.15) is 11.6 Å². The van der Waals surface area contributed by atoms with Crippen LogP contribution in [0.1, 0.15) is 31.4 Å². The lowest BCUT2D eigenvalue weighted by Gasteiger charge is -2.27. The van der Waals surface area contributed by atoms with Crippen molar-refractivity contribution in [3.05, 3.63) is 29.6 Å². The van der Waals surface area contributed by atoms with E-state index in [1.54, 1.807) is 13.0 Å². The molecule has 6 heteroatoms. The van der Waals surface area contributed by atoms with Crippen molar-refractivity contribution in [2.24, 2.45) is 5.92 Å². The highest BCUT2D eigenvalue weighted by Crippen LogP contribution is 2.37. The molecule has 3 rings (SSSR count). The van der Waals surface area contributed by atoms with E-state index in [2.05, 4.69) is 10.6 Å². The molecule has 0 aliphatic carbocycles. The van der Waals surface area contributed by atoms with Crippen molar-refractivity contribution in [2.75, 3.05) is 12.3 Å². The molecule has 1 aromatic rings. The summed E-state index contributed by atoms with van der Waals surface area (Å²) in [6.45, 7) is 2.11. The first-order valence-corrected chi connectivity index (χ1v) is 8.50. The van der Waals surface area contributed by atoms with Crippen LogP contribution in [0.15, 0.2) is 23.1 Å². The highest BCUT2D eigenvalue weighted by atomic mass is 32.2. The predicted molar refractivity (Wildman–Crippen MR) is 83.2 cm³/mol. The summed E-state index contributed by atoms with van der Waals surface area (Å²) in [4.78, 5) is 24.4. The summed E-state index contributed by atoms with van der Waals surface area (Å²) >= 11 is 1.50. The number of amides is 1. The topological polar surface area (TPSA) is 58.2 Å². The number of hydrogen-bond donors (Lipinski definition) is 2. The molecule has 118 valence electrons. The number of ketones is 1. The van der Waals surface area contributed by atoms with Gasteiger partial charge in [-0.1, -0.05) is 12.1 Å². The van der Waals surface area contributed by atoms with Crippen LogP contribution in [0.2, 0.25) is 0 Å². The normalized spacial score (nSPS) is 27.3. The van der Waals surface area contributed by atoms with Crippen molar-refractivity contribution in [3.63, 3.8) is 0 Å². The molecule has 4 nitrogen and oxygen atoms in total. The van der Waals surface area contributed by atoms with Gasteiger partial charge in [0.25, 0.3) is 0 Å². The third-order valence-corrected chi connectivity index (χ3v) is 5.52. The van der Waals surface area contributed by atoms with Crippen LogP contribution in [0.4, 0.5) is 4.39 Å². The van der Waals surface area contributed by atoms with Crippen LogP contribution in [0.25, 0.3) is 0 Å². The molecule has 0 radical (unpaired) electrons. The lowest BCUT2D eigenvalue weighted by Crippen LogP contribution is -2.42. The molecule has 2 aliphatic heterocycles. The van der Waals surface area contributed by atoms with Gasteiger partial charge in [-0.2, -0.15) is 0 Å². The van der Waals surface area contributed by atoms with E-state index in [0.717, 1.165) is 17.7 Å². The zero-order chi connectivity index (χ0) is 15.7. The smallest absolute Gasteiger partial charge is 0.237 e. The quantitative estimate of drug-likeness (QED) is 0.894. The summed E-state index contributed by atoms with van der Waals surface area (Å²) < 4.78 is 13.8. The number of hydrogen-bond acceptors (Lipinski definition) is 4. The van der Waals surface area contributed by atoms with Gasteiger partial charge < -0.3 is 10.6 Å². The minimum absolute atomic E-state index is 0.0811. The first-order valence-electron chi connectivity index (χ1n) is 7.51. The van der Waals surface area contributed by atoms with Crippen molar-refractivity contribution in [3.8, 4) is 0 Å². The molecule has 2 N–H and O–H groups in total. The second kappa shape index (κ2) is 6.38. The van der Waals surface area contributed by atoms with Gasteiger partial charge in [0.15, 0.2) is 0 Å². The molecule has 0 bridgehead atoms. The highest BCUT2D eigenvalue weighted by Gasteiger charge is 2.33. The third kappa shape index (κ3) is 3.03. The number of halogens is 1. The monoisotopic (exact) mass is 322 g/mol. The fourth-order valence-corrected chi connectivity index (χ4v) is 4.19. The maximum absolute atomic E-state index is 13.8. The Bertz CT molecular complexity index is 608. The van der Waals surface area contributed by atoms with Gasteiger partial charge in [-0.3, -0.25) is 9.59 Å². The van der Waals surface area contributed by atoms with Gasteiger partial charge in [-0.05, 0) is 31.4 Å². The second-order valence-electron chi connectivity index (χ2n) is 5.86. The second-order valence-corrected chi connectivity index (χ2v) is 6.97. The van der Waals surface area contributed by atoms with Crippen LogP contribution in [-0.4, -0.2) is 30.0 Å². The highest BCUT2D eigenvalue weighted by molar-refractivity contribution is 7.99. The molecule has 2 aliphatic rings. The first kappa shape index (κ1) is 15.5. The third-order valence-electron chi connectivity index (χ3n) is 4.36. The van der Waals surface area contributed by atoms with Crippen LogP contribution in [-0.2, 0) is 9.59 Å². The summed E-state index contributed by atoms with van der Waals surface area (Å²) in [5.74, 6) is 0.493. The molecule has 3 unspecified atom stereocenters. The van der Waals surface area contributed by atoms with Crippen LogP contribution in [0.5, 0.6) is 0 Å². The zero-order valence-corrected chi connectivity index (χ0v) is 13.2. The number of benzene rings is 1. The number of carbonyl (C=O) groups excluding carboxylic acids is 2. The fourth-order valence-electron chi connectivity index (χ4n) is 3.05. The van der Waals surface area contributed by atoms with E-state index in [4.69, 9.17) is 0 Å². The van der Waals surface area contributed by atoms with E-state index in [9.17, 15) is 14.0 Å². The van der Waals surface area contributed by atoms with Crippen molar-refractivity contribution in [1.29, 1.82) is 0 Å². The van der Waals surface area contributed by atoms with E-state index in [1.807, 2.05) is 6.07 Å².